The molecule has 0 radical (unpaired) electrons. The molecule has 0 unspecified atom stereocenters. The van der Waals surface area contributed by atoms with Gasteiger partial charge in [0.15, 0.2) is 0 Å². The molecule has 1 aliphatic rings. The standard InChI is InChI=1S/C19H20FN5O2/c1-27-18-8-15(6-7-16(18)14-9-21-22-10-14)25-19(26)24(12-23-25)11-13-4-2-3-5-17(13)20/h2-8,12,14,21-22H,9-11H2,1H3. The third-order valence-electron chi connectivity index (χ3n) is 4.76. The van der Waals surface area contributed by atoms with E-state index < -0.39 is 0 Å². The van der Waals surface area contributed by atoms with Crippen LogP contribution in [0.3, 0.4) is 0 Å². The van der Waals surface area contributed by atoms with E-state index in [1.165, 1.54) is 21.6 Å². The molecular formula is C19H20FN5O2. The SMILES string of the molecule is COc1cc(-n2ncn(Cc3ccccc3F)c2=O)ccc1C1CNNC1. The number of aromatic nitrogens is 3. The molecule has 27 heavy (non-hydrogen) atoms. The van der Waals surface area contributed by atoms with Gasteiger partial charge < -0.3 is 4.74 Å². The first-order valence-electron chi connectivity index (χ1n) is 8.69. The summed E-state index contributed by atoms with van der Waals surface area (Å²) in [6.07, 6.45) is 1.42. The first kappa shape index (κ1) is 17.4. The predicted octanol–water partition coefficient (Wildman–Crippen LogP) is 1.42. The minimum Gasteiger partial charge on any atom is -0.496 e. The van der Waals surface area contributed by atoms with Crippen molar-refractivity contribution in [1.29, 1.82) is 0 Å². The Morgan fingerprint density at radius 2 is 2.00 bits per heavy atom. The number of hydrogen-bond donors (Lipinski definition) is 2. The van der Waals surface area contributed by atoms with Crippen LogP contribution < -0.4 is 21.3 Å². The lowest BCUT2D eigenvalue weighted by Gasteiger charge is -2.14. The van der Waals surface area contributed by atoms with Gasteiger partial charge in [-0.25, -0.2) is 9.18 Å². The number of benzene rings is 2. The summed E-state index contributed by atoms with van der Waals surface area (Å²) in [4.78, 5) is 12.7. The second-order valence-electron chi connectivity index (χ2n) is 6.43. The van der Waals surface area contributed by atoms with Crippen molar-refractivity contribution in [3.63, 3.8) is 0 Å². The summed E-state index contributed by atoms with van der Waals surface area (Å²) < 4.78 is 22.0. The van der Waals surface area contributed by atoms with Gasteiger partial charge in [0.05, 0.1) is 19.3 Å². The van der Waals surface area contributed by atoms with Gasteiger partial charge in [-0.05, 0) is 17.7 Å². The van der Waals surface area contributed by atoms with E-state index >= 15 is 0 Å². The van der Waals surface area contributed by atoms with Gasteiger partial charge in [-0.15, -0.1) is 0 Å². The Kier molecular flexibility index (Phi) is 4.74. The summed E-state index contributed by atoms with van der Waals surface area (Å²) in [5.41, 5.74) is 7.98. The maximum atomic E-state index is 13.9. The van der Waals surface area contributed by atoms with Crippen LogP contribution in [0.15, 0.2) is 53.6 Å². The summed E-state index contributed by atoms with van der Waals surface area (Å²) in [5, 5.41) is 4.18. The number of halogens is 1. The van der Waals surface area contributed by atoms with Crippen molar-refractivity contribution in [3.05, 3.63) is 76.2 Å². The normalized spacial score (nSPS) is 14.6. The predicted molar refractivity (Wildman–Crippen MR) is 98.6 cm³/mol. The lowest BCUT2D eigenvalue weighted by Crippen LogP contribution is -2.24. The molecule has 2 heterocycles. The van der Waals surface area contributed by atoms with Crippen molar-refractivity contribution in [2.75, 3.05) is 20.2 Å². The number of hydrazine groups is 1. The largest absolute Gasteiger partial charge is 0.496 e. The lowest BCUT2D eigenvalue weighted by molar-refractivity contribution is 0.406. The van der Waals surface area contributed by atoms with Crippen molar-refractivity contribution in [2.45, 2.75) is 12.5 Å². The number of rotatable bonds is 5. The molecule has 2 aromatic carbocycles. The minimum atomic E-state index is -0.345. The van der Waals surface area contributed by atoms with Gasteiger partial charge in [-0.2, -0.15) is 9.78 Å². The molecule has 2 N–H and O–H groups in total. The molecule has 1 aliphatic heterocycles. The van der Waals surface area contributed by atoms with Crippen LogP contribution in [0, 0.1) is 5.82 Å². The molecule has 140 valence electrons. The van der Waals surface area contributed by atoms with Crippen LogP contribution in [0.4, 0.5) is 4.39 Å². The van der Waals surface area contributed by atoms with Gasteiger partial charge in [-0.1, -0.05) is 24.3 Å². The molecule has 3 aromatic rings. The van der Waals surface area contributed by atoms with E-state index in [2.05, 4.69) is 16.0 Å². The molecule has 0 spiro atoms. The Hall–Kier alpha value is -2.97. The Morgan fingerprint density at radius 3 is 2.74 bits per heavy atom. The summed E-state index contributed by atoms with van der Waals surface area (Å²) in [7, 11) is 1.61. The molecule has 0 saturated carbocycles. The molecule has 0 atom stereocenters. The van der Waals surface area contributed by atoms with Crippen LogP contribution in [0.25, 0.3) is 5.69 Å². The highest BCUT2D eigenvalue weighted by Gasteiger charge is 2.21. The van der Waals surface area contributed by atoms with Gasteiger partial charge in [0.25, 0.3) is 0 Å². The zero-order valence-corrected chi connectivity index (χ0v) is 14.9. The second kappa shape index (κ2) is 7.34. The fourth-order valence-electron chi connectivity index (χ4n) is 3.28. The second-order valence-corrected chi connectivity index (χ2v) is 6.43. The number of hydrogen-bond acceptors (Lipinski definition) is 5. The van der Waals surface area contributed by atoms with Crippen molar-refractivity contribution >= 4 is 0 Å². The average molecular weight is 369 g/mol. The zero-order chi connectivity index (χ0) is 18.8. The maximum absolute atomic E-state index is 13.9. The average Bonchev–Trinajstić information content (AvgIpc) is 3.34. The first-order chi connectivity index (χ1) is 13.2. The Morgan fingerprint density at radius 1 is 1.22 bits per heavy atom. The van der Waals surface area contributed by atoms with Crippen LogP contribution in [0.1, 0.15) is 17.0 Å². The molecular weight excluding hydrogens is 349 g/mol. The number of ether oxygens (including phenoxy) is 1. The van der Waals surface area contributed by atoms with Crippen LogP contribution in [0.2, 0.25) is 0 Å². The van der Waals surface area contributed by atoms with Crippen LogP contribution >= 0.6 is 0 Å². The highest BCUT2D eigenvalue weighted by Crippen LogP contribution is 2.29. The molecule has 8 heteroatoms. The first-order valence-corrected chi connectivity index (χ1v) is 8.69. The van der Waals surface area contributed by atoms with Crippen LogP contribution in [0.5, 0.6) is 5.75 Å². The summed E-state index contributed by atoms with van der Waals surface area (Å²) in [5.74, 6) is 0.657. The molecule has 0 aliphatic carbocycles. The van der Waals surface area contributed by atoms with E-state index in [1.807, 2.05) is 12.1 Å². The van der Waals surface area contributed by atoms with Gasteiger partial charge in [0.1, 0.15) is 17.9 Å². The molecule has 4 rings (SSSR count). The molecule has 1 fully saturated rings. The Balaban J connectivity index is 1.65. The monoisotopic (exact) mass is 369 g/mol. The van der Waals surface area contributed by atoms with Gasteiger partial charge >= 0.3 is 5.69 Å². The van der Waals surface area contributed by atoms with E-state index in [1.54, 1.807) is 31.4 Å². The van der Waals surface area contributed by atoms with Crippen LogP contribution in [-0.4, -0.2) is 34.5 Å². The summed E-state index contributed by atoms with van der Waals surface area (Å²) >= 11 is 0. The topological polar surface area (TPSA) is 73.1 Å². The van der Waals surface area contributed by atoms with Gasteiger partial charge in [0, 0.05) is 30.6 Å². The molecule has 7 nitrogen and oxygen atoms in total. The molecule has 1 aromatic heterocycles. The fraction of sp³-hybridized carbons (Fsp3) is 0.263. The molecule has 0 bridgehead atoms. The smallest absolute Gasteiger partial charge is 0.350 e. The Bertz CT molecular complexity index is 1010. The van der Waals surface area contributed by atoms with Crippen LogP contribution in [-0.2, 0) is 6.54 Å². The highest BCUT2D eigenvalue weighted by atomic mass is 19.1. The third kappa shape index (κ3) is 3.36. The summed E-state index contributed by atoms with van der Waals surface area (Å²) in [6, 6.07) is 12.0. The van der Waals surface area contributed by atoms with E-state index in [-0.39, 0.29) is 18.1 Å². The maximum Gasteiger partial charge on any atom is 0.350 e. The zero-order valence-electron chi connectivity index (χ0n) is 14.9. The van der Waals surface area contributed by atoms with E-state index in [0.717, 1.165) is 18.7 Å². The van der Waals surface area contributed by atoms with Crippen molar-refractivity contribution in [1.82, 2.24) is 25.2 Å². The van der Waals surface area contributed by atoms with Crippen molar-refractivity contribution in [3.8, 4) is 11.4 Å². The van der Waals surface area contributed by atoms with Crippen molar-refractivity contribution in [2.24, 2.45) is 0 Å². The quantitative estimate of drug-likeness (QED) is 0.712. The van der Waals surface area contributed by atoms with Gasteiger partial charge in [0.2, 0.25) is 0 Å². The molecule has 0 amide bonds. The highest BCUT2D eigenvalue weighted by molar-refractivity contribution is 5.46. The number of methoxy groups -OCH3 is 1. The molecule has 1 saturated heterocycles. The van der Waals surface area contributed by atoms with E-state index in [4.69, 9.17) is 4.74 Å². The lowest BCUT2D eigenvalue weighted by atomic mass is 9.99. The van der Waals surface area contributed by atoms with E-state index in [0.29, 0.717) is 22.9 Å². The number of nitrogens with zero attached hydrogens (tertiary/aromatic N) is 3. The number of nitrogens with one attached hydrogen (secondary N) is 2. The van der Waals surface area contributed by atoms with Crippen molar-refractivity contribution < 1.29 is 9.13 Å². The fourth-order valence-corrected chi connectivity index (χ4v) is 3.28. The van der Waals surface area contributed by atoms with E-state index in [9.17, 15) is 9.18 Å². The Labute approximate surface area is 155 Å². The minimum absolute atomic E-state index is 0.125. The third-order valence-corrected chi connectivity index (χ3v) is 4.76. The summed E-state index contributed by atoms with van der Waals surface area (Å²) in [6.45, 7) is 1.75. The van der Waals surface area contributed by atoms with Gasteiger partial charge in [-0.3, -0.25) is 15.4 Å².